The minimum atomic E-state index is 0.0192. The number of aromatic nitrogens is 2. The Bertz CT molecular complexity index is 1140. The van der Waals surface area contributed by atoms with Gasteiger partial charge in [0.15, 0.2) is 0 Å². The molecule has 2 aromatic heterocycles. The van der Waals surface area contributed by atoms with Crippen LogP contribution in [0.1, 0.15) is 0 Å². The molecule has 2 heterocycles. The van der Waals surface area contributed by atoms with Crippen LogP contribution in [-0.2, 0) is 6.54 Å². The van der Waals surface area contributed by atoms with Crippen molar-refractivity contribution in [2.75, 3.05) is 27.7 Å². The fourth-order valence-electron chi connectivity index (χ4n) is 3.42. The first-order valence-corrected chi connectivity index (χ1v) is 8.36. The first-order valence-electron chi connectivity index (χ1n) is 8.36. The second-order valence-corrected chi connectivity index (χ2v) is 6.56. The number of aromatic amines is 1. The smallest absolute Gasteiger partial charge is 0.275 e. The van der Waals surface area contributed by atoms with E-state index in [2.05, 4.69) is 16.0 Å². The van der Waals surface area contributed by atoms with Crippen LogP contribution in [-0.4, -0.2) is 42.2 Å². The van der Waals surface area contributed by atoms with E-state index < -0.39 is 0 Å². The third-order valence-electron chi connectivity index (χ3n) is 4.70. The van der Waals surface area contributed by atoms with E-state index in [1.54, 1.807) is 7.11 Å². The molecule has 0 saturated heterocycles. The molecule has 2 aromatic carbocycles. The van der Waals surface area contributed by atoms with Gasteiger partial charge in [-0.2, -0.15) is 0 Å². The molecule has 5 heteroatoms. The van der Waals surface area contributed by atoms with Gasteiger partial charge in [-0.1, -0.05) is 18.2 Å². The van der Waals surface area contributed by atoms with Gasteiger partial charge in [0.05, 0.1) is 12.6 Å². The first-order chi connectivity index (χ1) is 12.1. The maximum atomic E-state index is 13.2. The highest BCUT2D eigenvalue weighted by molar-refractivity contribution is 6.19. The van der Waals surface area contributed by atoms with Crippen LogP contribution in [0.25, 0.3) is 32.7 Å². The molecule has 4 rings (SSSR count). The maximum absolute atomic E-state index is 13.2. The van der Waals surface area contributed by atoms with E-state index in [0.717, 1.165) is 39.5 Å². The second kappa shape index (κ2) is 5.93. The van der Waals surface area contributed by atoms with Crippen molar-refractivity contribution >= 4 is 32.7 Å². The Morgan fingerprint density at radius 1 is 1.12 bits per heavy atom. The van der Waals surface area contributed by atoms with E-state index in [1.165, 1.54) is 0 Å². The molecule has 0 aliphatic heterocycles. The van der Waals surface area contributed by atoms with Gasteiger partial charge in [0, 0.05) is 34.8 Å². The molecule has 128 valence electrons. The number of nitrogens with zero attached hydrogens (tertiary/aromatic N) is 2. The third kappa shape index (κ3) is 2.48. The van der Waals surface area contributed by atoms with E-state index in [0.29, 0.717) is 12.1 Å². The monoisotopic (exact) mass is 335 g/mol. The Labute approximate surface area is 145 Å². The summed E-state index contributed by atoms with van der Waals surface area (Å²) in [7, 11) is 5.68. The van der Waals surface area contributed by atoms with E-state index in [-0.39, 0.29) is 5.56 Å². The molecule has 0 aliphatic rings. The van der Waals surface area contributed by atoms with Crippen molar-refractivity contribution in [3.05, 3.63) is 52.8 Å². The lowest BCUT2D eigenvalue weighted by molar-refractivity contribution is 0.384. The quantitative estimate of drug-likeness (QED) is 0.623. The third-order valence-corrected chi connectivity index (χ3v) is 4.70. The van der Waals surface area contributed by atoms with Crippen LogP contribution in [0.5, 0.6) is 5.75 Å². The summed E-state index contributed by atoms with van der Waals surface area (Å²) in [6, 6.07) is 14.0. The van der Waals surface area contributed by atoms with Gasteiger partial charge in [-0.05, 0) is 38.4 Å². The Hall–Kier alpha value is -2.79. The molecule has 0 radical (unpaired) electrons. The molecule has 0 spiro atoms. The van der Waals surface area contributed by atoms with Gasteiger partial charge in [-0.15, -0.1) is 0 Å². The zero-order valence-electron chi connectivity index (χ0n) is 14.7. The van der Waals surface area contributed by atoms with Crippen molar-refractivity contribution in [2.24, 2.45) is 0 Å². The molecule has 0 saturated carbocycles. The number of methoxy groups -OCH3 is 1. The molecule has 0 fully saturated rings. The molecule has 1 N–H and O–H groups in total. The van der Waals surface area contributed by atoms with Gasteiger partial charge >= 0.3 is 0 Å². The molecule has 0 atom stereocenters. The predicted molar refractivity (Wildman–Crippen MR) is 103 cm³/mol. The number of fused-ring (bicyclic) bond motifs is 5. The second-order valence-electron chi connectivity index (χ2n) is 6.56. The molecule has 4 aromatic rings. The van der Waals surface area contributed by atoms with Gasteiger partial charge in [0.1, 0.15) is 11.3 Å². The Morgan fingerprint density at radius 2 is 1.92 bits per heavy atom. The van der Waals surface area contributed by atoms with Crippen LogP contribution in [0, 0.1) is 0 Å². The van der Waals surface area contributed by atoms with Gasteiger partial charge in [-0.3, -0.25) is 4.79 Å². The molecule has 0 amide bonds. The summed E-state index contributed by atoms with van der Waals surface area (Å²) < 4.78 is 7.23. The van der Waals surface area contributed by atoms with Gasteiger partial charge in [0.2, 0.25) is 0 Å². The summed E-state index contributed by atoms with van der Waals surface area (Å²) in [6.45, 7) is 1.46. The van der Waals surface area contributed by atoms with Crippen LogP contribution in [0.4, 0.5) is 0 Å². The van der Waals surface area contributed by atoms with Crippen LogP contribution in [0.2, 0.25) is 0 Å². The lowest BCUT2D eigenvalue weighted by Gasteiger charge is -2.14. The predicted octanol–water partition coefficient (Wildman–Crippen LogP) is 3.21. The van der Waals surface area contributed by atoms with Crippen LogP contribution >= 0.6 is 0 Å². The largest absolute Gasteiger partial charge is 0.497 e. The Kier molecular flexibility index (Phi) is 3.73. The number of H-pyrrole nitrogens is 1. The fourth-order valence-corrected chi connectivity index (χ4v) is 3.42. The van der Waals surface area contributed by atoms with Crippen molar-refractivity contribution < 1.29 is 4.74 Å². The lowest BCUT2D eigenvalue weighted by atomic mass is 10.1. The average Bonchev–Trinajstić information content (AvgIpc) is 3.00. The highest BCUT2D eigenvalue weighted by Crippen LogP contribution is 2.32. The number of para-hydroxylation sites is 1. The summed E-state index contributed by atoms with van der Waals surface area (Å²) in [6.07, 6.45) is 0. The highest BCUT2D eigenvalue weighted by atomic mass is 16.5. The molecule has 5 nitrogen and oxygen atoms in total. The Morgan fingerprint density at radius 3 is 2.68 bits per heavy atom. The molecule has 0 bridgehead atoms. The molecular formula is C20H21N3O2. The minimum Gasteiger partial charge on any atom is -0.497 e. The summed E-state index contributed by atoms with van der Waals surface area (Å²) >= 11 is 0. The topological polar surface area (TPSA) is 50.3 Å². The van der Waals surface area contributed by atoms with Crippen LogP contribution in [0.3, 0.4) is 0 Å². The molecule has 25 heavy (non-hydrogen) atoms. The number of pyridine rings is 1. The van der Waals surface area contributed by atoms with Crippen LogP contribution in [0.15, 0.2) is 47.3 Å². The summed E-state index contributed by atoms with van der Waals surface area (Å²) in [4.78, 5) is 18.6. The highest BCUT2D eigenvalue weighted by Gasteiger charge is 2.15. The summed E-state index contributed by atoms with van der Waals surface area (Å²) in [5.41, 5.74) is 2.58. The number of ether oxygens (including phenoxy) is 1. The van der Waals surface area contributed by atoms with Gasteiger partial charge < -0.3 is 19.2 Å². The molecule has 0 unspecified atom stereocenters. The number of rotatable bonds is 4. The lowest BCUT2D eigenvalue weighted by Crippen LogP contribution is -2.27. The zero-order valence-corrected chi connectivity index (χ0v) is 14.7. The van der Waals surface area contributed by atoms with Crippen LogP contribution < -0.4 is 10.3 Å². The average molecular weight is 335 g/mol. The SMILES string of the molecule is COc1ccc2[nH]c3c(=O)n(CCN(C)C)c4ccccc4c3c2c1. The number of benzene rings is 2. The summed E-state index contributed by atoms with van der Waals surface area (Å²) in [5, 5.41) is 3.06. The number of hydrogen-bond donors (Lipinski definition) is 1. The number of nitrogens with one attached hydrogen (secondary N) is 1. The normalized spacial score (nSPS) is 11.8. The van der Waals surface area contributed by atoms with Crippen molar-refractivity contribution in [3.63, 3.8) is 0 Å². The molecule has 0 aliphatic carbocycles. The van der Waals surface area contributed by atoms with Crippen molar-refractivity contribution in [1.82, 2.24) is 14.5 Å². The first kappa shape index (κ1) is 15.7. The fraction of sp³-hybridized carbons (Fsp3) is 0.250. The molecular weight excluding hydrogens is 314 g/mol. The minimum absolute atomic E-state index is 0.0192. The Balaban J connectivity index is 2.13. The van der Waals surface area contributed by atoms with E-state index in [1.807, 2.05) is 55.1 Å². The van der Waals surface area contributed by atoms with Gasteiger partial charge in [-0.25, -0.2) is 0 Å². The van der Waals surface area contributed by atoms with Crippen molar-refractivity contribution in [2.45, 2.75) is 6.54 Å². The number of likely N-dealkylation sites (N-methyl/N-ethyl adjacent to an activating group) is 1. The van der Waals surface area contributed by atoms with Crippen molar-refractivity contribution in [3.8, 4) is 5.75 Å². The zero-order chi connectivity index (χ0) is 17.6. The van der Waals surface area contributed by atoms with E-state index in [9.17, 15) is 4.79 Å². The standard InChI is InChI=1S/C20H21N3O2/c1-22(2)10-11-23-17-7-5-4-6-14(17)18-15-12-13(25-3)8-9-16(15)21-19(18)20(23)24/h4-9,12,21H,10-11H2,1-3H3. The summed E-state index contributed by atoms with van der Waals surface area (Å²) in [5.74, 6) is 0.786. The maximum Gasteiger partial charge on any atom is 0.275 e. The number of hydrogen-bond acceptors (Lipinski definition) is 3. The van der Waals surface area contributed by atoms with Gasteiger partial charge in [0.25, 0.3) is 5.56 Å². The van der Waals surface area contributed by atoms with E-state index >= 15 is 0 Å². The van der Waals surface area contributed by atoms with E-state index in [4.69, 9.17) is 4.74 Å². The van der Waals surface area contributed by atoms with Crippen molar-refractivity contribution in [1.29, 1.82) is 0 Å².